The zero-order chi connectivity index (χ0) is 20.0. The predicted octanol–water partition coefficient (Wildman–Crippen LogP) is 5.58. The second-order valence-electron chi connectivity index (χ2n) is 6.24. The molecule has 0 aliphatic heterocycles. The number of allylic oxidation sites excluding steroid dienone is 2. The Morgan fingerprint density at radius 2 is 1.89 bits per heavy atom. The van der Waals surface area contributed by atoms with Gasteiger partial charge in [-0.25, -0.2) is 0 Å². The summed E-state index contributed by atoms with van der Waals surface area (Å²) in [5.74, 6) is 0. The molecular weight excluding hydrogens is 351 g/mol. The molecule has 142 valence electrons. The number of halogens is 3. The van der Waals surface area contributed by atoms with E-state index in [2.05, 4.69) is 23.3 Å². The summed E-state index contributed by atoms with van der Waals surface area (Å²) in [6.07, 6.45) is -1.44. The highest BCUT2D eigenvalue weighted by Crippen LogP contribution is 2.31. The normalized spacial score (nSPS) is 12.3. The Morgan fingerprint density at radius 3 is 2.41 bits per heavy atom. The first-order chi connectivity index (χ1) is 12.8. The molecule has 1 aromatic heterocycles. The van der Waals surface area contributed by atoms with Crippen molar-refractivity contribution in [3.8, 4) is 17.2 Å². The van der Waals surface area contributed by atoms with E-state index in [0.717, 1.165) is 41.2 Å². The van der Waals surface area contributed by atoms with Gasteiger partial charge >= 0.3 is 6.18 Å². The predicted molar refractivity (Wildman–Crippen MR) is 101 cm³/mol. The zero-order valence-corrected chi connectivity index (χ0v) is 15.6. The van der Waals surface area contributed by atoms with Gasteiger partial charge < -0.3 is 5.32 Å². The van der Waals surface area contributed by atoms with Crippen molar-refractivity contribution >= 4 is 5.57 Å². The number of aromatic nitrogens is 1. The monoisotopic (exact) mass is 373 g/mol. The van der Waals surface area contributed by atoms with Crippen molar-refractivity contribution in [1.29, 1.82) is 5.26 Å². The summed E-state index contributed by atoms with van der Waals surface area (Å²) in [5.41, 5.74) is 3.71. The molecule has 0 radical (unpaired) electrons. The summed E-state index contributed by atoms with van der Waals surface area (Å²) < 4.78 is 38.3. The van der Waals surface area contributed by atoms with Crippen LogP contribution in [0, 0.1) is 11.3 Å². The minimum absolute atomic E-state index is 0.489. The van der Waals surface area contributed by atoms with Gasteiger partial charge in [-0.1, -0.05) is 31.5 Å². The number of aryl methyl sites for hydroxylation is 1. The van der Waals surface area contributed by atoms with Gasteiger partial charge in [-0.3, -0.25) is 4.98 Å². The van der Waals surface area contributed by atoms with Crippen molar-refractivity contribution in [2.24, 2.45) is 0 Å². The van der Waals surface area contributed by atoms with Crippen LogP contribution in [0.1, 0.15) is 44.0 Å². The highest BCUT2D eigenvalue weighted by Gasteiger charge is 2.32. The second kappa shape index (κ2) is 8.72. The molecule has 0 aliphatic carbocycles. The van der Waals surface area contributed by atoms with Crippen LogP contribution in [0.4, 0.5) is 13.2 Å². The molecule has 0 spiro atoms. The van der Waals surface area contributed by atoms with E-state index in [0.29, 0.717) is 17.8 Å². The summed E-state index contributed by atoms with van der Waals surface area (Å²) >= 11 is 0. The molecule has 1 heterocycles. The van der Waals surface area contributed by atoms with Gasteiger partial charge in [0.2, 0.25) is 0 Å². The van der Waals surface area contributed by atoms with Crippen LogP contribution in [0.5, 0.6) is 0 Å². The van der Waals surface area contributed by atoms with Crippen LogP contribution in [0.25, 0.3) is 16.7 Å². The third kappa shape index (κ3) is 5.10. The molecule has 0 amide bonds. The summed E-state index contributed by atoms with van der Waals surface area (Å²) in [6.45, 7) is 6.47. The van der Waals surface area contributed by atoms with E-state index >= 15 is 0 Å². The molecule has 0 saturated heterocycles. The highest BCUT2D eigenvalue weighted by molar-refractivity contribution is 5.75. The molecular formula is C21H22F3N3. The maximum atomic E-state index is 12.8. The fourth-order valence-electron chi connectivity index (χ4n) is 2.82. The Hall–Kier alpha value is -2.81. The Kier molecular flexibility index (Phi) is 6.62. The largest absolute Gasteiger partial charge is 0.433 e. The number of rotatable bonds is 6. The van der Waals surface area contributed by atoms with Crippen LogP contribution >= 0.6 is 0 Å². The summed E-state index contributed by atoms with van der Waals surface area (Å²) in [4.78, 5) is 3.56. The van der Waals surface area contributed by atoms with Crippen LogP contribution in [-0.2, 0) is 12.6 Å². The molecule has 6 heteroatoms. The lowest BCUT2D eigenvalue weighted by Gasteiger charge is -2.13. The average molecular weight is 373 g/mol. The average Bonchev–Trinajstić information content (AvgIpc) is 2.65. The first-order valence-corrected chi connectivity index (χ1v) is 8.83. The van der Waals surface area contributed by atoms with Gasteiger partial charge in [0.1, 0.15) is 17.5 Å². The Morgan fingerprint density at radius 1 is 1.15 bits per heavy atom. The lowest BCUT2D eigenvalue weighted by atomic mass is 9.95. The summed E-state index contributed by atoms with van der Waals surface area (Å²) in [7, 11) is 0. The van der Waals surface area contributed by atoms with Crippen molar-refractivity contribution in [3.63, 3.8) is 0 Å². The van der Waals surface area contributed by atoms with E-state index in [1.54, 1.807) is 0 Å². The minimum atomic E-state index is -4.46. The van der Waals surface area contributed by atoms with Gasteiger partial charge in [0, 0.05) is 18.3 Å². The zero-order valence-electron chi connectivity index (χ0n) is 15.6. The standard InChI is InChI=1S/C21H22F3N3/c1-4-6-15-9-17(14(3)19(12-25)26-5-2)11-18(10-15)16-7-8-20(27-13-16)21(22,23)24/h7-11,13,26H,4-6H2,1-3H3/b19-14+. The molecule has 0 aliphatic rings. The number of nitrogens with one attached hydrogen (secondary N) is 1. The maximum absolute atomic E-state index is 12.8. The number of benzene rings is 1. The Balaban J connectivity index is 2.54. The van der Waals surface area contributed by atoms with E-state index in [-0.39, 0.29) is 0 Å². The van der Waals surface area contributed by atoms with E-state index in [1.165, 1.54) is 12.3 Å². The van der Waals surface area contributed by atoms with Crippen molar-refractivity contribution in [1.82, 2.24) is 10.3 Å². The van der Waals surface area contributed by atoms with Gasteiger partial charge in [-0.2, -0.15) is 18.4 Å². The molecule has 3 nitrogen and oxygen atoms in total. The molecule has 0 saturated carbocycles. The number of alkyl halides is 3. The number of hydrogen-bond acceptors (Lipinski definition) is 3. The number of hydrogen-bond donors (Lipinski definition) is 1. The maximum Gasteiger partial charge on any atom is 0.433 e. The third-order valence-corrected chi connectivity index (χ3v) is 4.19. The van der Waals surface area contributed by atoms with Crippen molar-refractivity contribution in [3.05, 3.63) is 59.0 Å². The van der Waals surface area contributed by atoms with Crippen LogP contribution in [-0.4, -0.2) is 11.5 Å². The van der Waals surface area contributed by atoms with Crippen LogP contribution in [0.2, 0.25) is 0 Å². The number of nitriles is 1. The van der Waals surface area contributed by atoms with Crippen molar-refractivity contribution in [2.45, 2.75) is 39.8 Å². The van der Waals surface area contributed by atoms with E-state index < -0.39 is 11.9 Å². The summed E-state index contributed by atoms with van der Waals surface area (Å²) in [6, 6.07) is 10.5. The molecule has 2 rings (SSSR count). The first-order valence-electron chi connectivity index (χ1n) is 8.83. The smallest absolute Gasteiger partial charge is 0.377 e. The SMILES string of the molecule is CCCc1cc(/C(C)=C(\C#N)NCC)cc(-c2ccc(C(F)(F)F)nc2)c1. The molecule has 1 aromatic carbocycles. The van der Waals surface area contributed by atoms with Gasteiger partial charge in [0.15, 0.2) is 0 Å². The topological polar surface area (TPSA) is 48.7 Å². The van der Waals surface area contributed by atoms with E-state index in [4.69, 9.17) is 0 Å². The van der Waals surface area contributed by atoms with Crippen LogP contribution in [0.15, 0.2) is 42.2 Å². The molecule has 0 bridgehead atoms. The van der Waals surface area contributed by atoms with Crippen molar-refractivity contribution in [2.75, 3.05) is 6.54 Å². The van der Waals surface area contributed by atoms with Crippen LogP contribution < -0.4 is 5.32 Å². The minimum Gasteiger partial charge on any atom is -0.377 e. The summed E-state index contributed by atoms with van der Waals surface area (Å²) in [5, 5.41) is 12.4. The third-order valence-electron chi connectivity index (χ3n) is 4.19. The number of nitrogens with zero attached hydrogens (tertiary/aromatic N) is 2. The Bertz CT molecular complexity index is 860. The molecule has 0 fully saturated rings. The highest BCUT2D eigenvalue weighted by atomic mass is 19.4. The molecule has 0 unspecified atom stereocenters. The van der Waals surface area contributed by atoms with Gasteiger partial charge in [0.25, 0.3) is 0 Å². The molecule has 27 heavy (non-hydrogen) atoms. The van der Waals surface area contributed by atoms with Crippen molar-refractivity contribution < 1.29 is 13.2 Å². The molecule has 0 atom stereocenters. The van der Waals surface area contributed by atoms with Crippen LogP contribution in [0.3, 0.4) is 0 Å². The lowest BCUT2D eigenvalue weighted by Crippen LogP contribution is -2.12. The number of pyridine rings is 1. The van der Waals surface area contributed by atoms with Gasteiger partial charge in [0.05, 0.1) is 0 Å². The fourth-order valence-corrected chi connectivity index (χ4v) is 2.82. The molecule has 2 aromatic rings. The van der Waals surface area contributed by atoms with E-state index in [9.17, 15) is 18.4 Å². The van der Waals surface area contributed by atoms with Gasteiger partial charge in [-0.15, -0.1) is 0 Å². The Labute approximate surface area is 157 Å². The van der Waals surface area contributed by atoms with E-state index in [1.807, 2.05) is 32.0 Å². The second-order valence-corrected chi connectivity index (χ2v) is 6.24. The van der Waals surface area contributed by atoms with Gasteiger partial charge in [-0.05, 0) is 54.7 Å². The first kappa shape index (κ1) is 20.5. The quantitative estimate of drug-likeness (QED) is 0.672. The molecule has 1 N–H and O–H groups in total. The fraction of sp³-hybridized carbons (Fsp3) is 0.333. The lowest BCUT2D eigenvalue weighted by molar-refractivity contribution is -0.141.